The van der Waals surface area contributed by atoms with Crippen molar-refractivity contribution in [2.24, 2.45) is 0 Å². The van der Waals surface area contributed by atoms with Crippen LogP contribution in [0.5, 0.6) is 0 Å². The van der Waals surface area contributed by atoms with E-state index in [1.165, 1.54) is 12.0 Å². The third-order valence-corrected chi connectivity index (χ3v) is 2.75. The monoisotopic (exact) mass is 302 g/mol. The van der Waals surface area contributed by atoms with Crippen molar-refractivity contribution in [3.05, 3.63) is 22.4 Å². The lowest BCUT2D eigenvalue weighted by molar-refractivity contribution is -0.141. The summed E-state index contributed by atoms with van der Waals surface area (Å²) in [7, 11) is 1.30. The minimum Gasteiger partial charge on any atom is -0.468 e. The van der Waals surface area contributed by atoms with E-state index in [1.807, 2.05) is 13.8 Å². The van der Waals surface area contributed by atoms with E-state index < -0.39 is 5.97 Å². The molecule has 1 heterocycles. The molecule has 0 unspecified atom stereocenters. The van der Waals surface area contributed by atoms with Gasteiger partial charge in [-0.05, 0) is 35.8 Å². The zero-order valence-corrected chi connectivity index (χ0v) is 11.6. The fourth-order valence-corrected chi connectivity index (χ4v) is 1.68. The lowest BCUT2D eigenvalue weighted by Crippen LogP contribution is -2.41. The van der Waals surface area contributed by atoms with E-state index in [0.717, 1.165) is 4.47 Å². The SMILES string of the molecule is COC(=O)CN(C(=O)c1cc(Br)c[nH]1)C(C)C. The molecule has 0 saturated carbocycles. The first kappa shape index (κ1) is 13.8. The molecule has 0 bridgehead atoms. The maximum Gasteiger partial charge on any atom is 0.325 e. The number of nitrogens with one attached hydrogen (secondary N) is 1. The number of nitrogens with zero attached hydrogens (tertiary/aromatic N) is 1. The molecule has 0 aliphatic heterocycles. The number of aromatic amines is 1. The van der Waals surface area contributed by atoms with E-state index in [9.17, 15) is 9.59 Å². The Hall–Kier alpha value is -1.30. The summed E-state index contributed by atoms with van der Waals surface area (Å²) in [6.45, 7) is 3.64. The fraction of sp³-hybridized carbons (Fsp3) is 0.455. The van der Waals surface area contributed by atoms with Crippen LogP contribution in [0.2, 0.25) is 0 Å². The van der Waals surface area contributed by atoms with Crippen LogP contribution in [0.15, 0.2) is 16.7 Å². The number of carbonyl (C=O) groups is 2. The Morgan fingerprint density at radius 3 is 2.59 bits per heavy atom. The Labute approximate surface area is 108 Å². The summed E-state index contributed by atoms with van der Waals surface area (Å²) in [4.78, 5) is 27.6. The van der Waals surface area contributed by atoms with Crippen molar-refractivity contribution in [3.63, 3.8) is 0 Å². The van der Waals surface area contributed by atoms with Crippen LogP contribution in [-0.4, -0.2) is 41.5 Å². The molecule has 17 heavy (non-hydrogen) atoms. The van der Waals surface area contributed by atoms with Gasteiger partial charge in [0.05, 0.1) is 7.11 Å². The zero-order chi connectivity index (χ0) is 13.0. The van der Waals surface area contributed by atoms with Gasteiger partial charge in [0.1, 0.15) is 12.2 Å². The van der Waals surface area contributed by atoms with Crippen LogP contribution < -0.4 is 0 Å². The van der Waals surface area contributed by atoms with Crippen molar-refractivity contribution in [2.45, 2.75) is 19.9 Å². The summed E-state index contributed by atoms with van der Waals surface area (Å²) >= 11 is 3.26. The molecule has 1 aromatic heterocycles. The number of rotatable bonds is 4. The molecule has 0 atom stereocenters. The Morgan fingerprint density at radius 1 is 1.53 bits per heavy atom. The lowest BCUT2D eigenvalue weighted by atomic mass is 10.2. The van der Waals surface area contributed by atoms with E-state index in [-0.39, 0.29) is 18.5 Å². The van der Waals surface area contributed by atoms with Gasteiger partial charge in [0, 0.05) is 16.7 Å². The molecule has 1 N–H and O–H groups in total. The second kappa shape index (κ2) is 5.86. The largest absolute Gasteiger partial charge is 0.468 e. The topological polar surface area (TPSA) is 62.4 Å². The molecule has 6 heteroatoms. The van der Waals surface area contributed by atoms with Gasteiger partial charge >= 0.3 is 5.97 Å². The summed E-state index contributed by atoms with van der Waals surface area (Å²) in [5.41, 5.74) is 0.439. The van der Waals surface area contributed by atoms with Gasteiger partial charge in [-0.25, -0.2) is 0 Å². The van der Waals surface area contributed by atoms with Crippen molar-refractivity contribution in [2.75, 3.05) is 13.7 Å². The second-order valence-electron chi connectivity index (χ2n) is 3.83. The smallest absolute Gasteiger partial charge is 0.325 e. The van der Waals surface area contributed by atoms with Gasteiger partial charge in [0.25, 0.3) is 5.91 Å². The third-order valence-electron chi connectivity index (χ3n) is 2.29. The zero-order valence-electron chi connectivity index (χ0n) is 9.99. The molecule has 0 aromatic carbocycles. The lowest BCUT2D eigenvalue weighted by Gasteiger charge is -2.24. The van der Waals surface area contributed by atoms with Crippen molar-refractivity contribution < 1.29 is 14.3 Å². The predicted octanol–water partition coefficient (Wildman–Crippen LogP) is 1.80. The van der Waals surface area contributed by atoms with E-state index >= 15 is 0 Å². The quantitative estimate of drug-likeness (QED) is 0.863. The van der Waals surface area contributed by atoms with Gasteiger partial charge in [0.15, 0.2) is 0 Å². The summed E-state index contributed by atoms with van der Waals surface area (Å²) in [6.07, 6.45) is 1.67. The average Bonchev–Trinajstić information content (AvgIpc) is 2.71. The molecule has 5 nitrogen and oxygen atoms in total. The molecule has 1 aromatic rings. The molecule has 0 saturated heterocycles. The minimum absolute atomic E-state index is 0.0519. The van der Waals surface area contributed by atoms with Crippen molar-refractivity contribution in [1.29, 1.82) is 0 Å². The van der Waals surface area contributed by atoms with Gasteiger partial charge in [-0.15, -0.1) is 0 Å². The number of esters is 1. The molecule has 94 valence electrons. The summed E-state index contributed by atoms with van der Waals surface area (Å²) in [5, 5.41) is 0. The summed E-state index contributed by atoms with van der Waals surface area (Å²) in [6, 6.07) is 1.60. The molecule has 0 radical (unpaired) electrons. The summed E-state index contributed by atoms with van der Waals surface area (Å²) < 4.78 is 5.36. The molecule has 0 spiro atoms. The molecule has 1 rings (SSSR count). The molecular weight excluding hydrogens is 288 g/mol. The van der Waals surface area contributed by atoms with Crippen LogP contribution >= 0.6 is 15.9 Å². The van der Waals surface area contributed by atoms with Gasteiger partial charge in [-0.1, -0.05) is 0 Å². The number of amides is 1. The Kier molecular flexibility index (Phi) is 4.74. The number of halogens is 1. The average molecular weight is 303 g/mol. The molecule has 0 fully saturated rings. The van der Waals surface area contributed by atoms with Crippen molar-refractivity contribution in [3.8, 4) is 0 Å². The van der Waals surface area contributed by atoms with E-state index in [4.69, 9.17) is 0 Å². The normalized spacial score (nSPS) is 10.4. The van der Waals surface area contributed by atoms with E-state index in [1.54, 1.807) is 12.3 Å². The summed E-state index contributed by atoms with van der Waals surface area (Å²) in [5.74, 6) is -0.659. The minimum atomic E-state index is -0.433. The van der Waals surface area contributed by atoms with Gasteiger partial charge in [-0.2, -0.15) is 0 Å². The Balaban J connectivity index is 2.84. The van der Waals surface area contributed by atoms with E-state index in [2.05, 4.69) is 25.7 Å². The van der Waals surface area contributed by atoms with Crippen LogP contribution in [0.3, 0.4) is 0 Å². The molecule has 0 aliphatic rings. The predicted molar refractivity (Wildman–Crippen MR) is 66.7 cm³/mol. The van der Waals surface area contributed by atoms with Crippen LogP contribution in [0.1, 0.15) is 24.3 Å². The molecule has 0 aliphatic carbocycles. The van der Waals surface area contributed by atoms with Crippen molar-refractivity contribution >= 4 is 27.8 Å². The third kappa shape index (κ3) is 3.59. The van der Waals surface area contributed by atoms with Crippen LogP contribution in [0.25, 0.3) is 0 Å². The number of ether oxygens (including phenoxy) is 1. The highest BCUT2D eigenvalue weighted by Gasteiger charge is 2.22. The Bertz CT molecular complexity index is 415. The Morgan fingerprint density at radius 2 is 2.18 bits per heavy atom. The molecule has 1 amide bonds. The number of H-pyrrole nitrogens is 1. The van der Waals surface area contributed by atoms with Crippen LogP contribution in [0, 0.1) is 0 Å². The highest BCUT2D eigenvalue weighted by atomic mass is 79.9. The number of hydrogen-bond acceptors (Lipinski definition) is 3. The maximum absolute atomic E-state index is 12.1. The van der Waals surface area contributed by atoms with Gasteiger partial charge in [-0.3, -0.25) is 9.59 Å². The van der Waals surface area contributed by atoms with Crippen molar-refractivity contribution in [1.82, 2.24) is 9.88 Å². The number of methoxy groups -OCH3 is 1. The first-order chi connectivity index (χ1) is 7.95. The fourth-order valence-electron chi connectivity index (χ4n) is 1.34. The highest BCUT2D eigenvalue weighted by Crippen LogP contribution is 2.13. The first-order valence-corrected chi connectivity index (χ1v) is 5.96. The van der Waals surface area contributed by atoms with E-state index in [0.29, 0.717) is 5.69 Å². The second-order valence-corrected chi connectivity index (χ2v) is 4.75. The number of aromatic nitrogens is 1. The first-order valence-electron chi connectivity index (χ1n) is 5.17. The molecular formula is C11H15BrN2O3. The number of carbonyl (C=O) groups excluding carboxylic acids is 2. The maximum atomic E-state index is 12.1. The standard InChI is InChI=1S/C11H15BrN2O3/c1-7(2)14(6-10(15)17-3)11(16)9-4-8(12)5-13-9/h4-5,7,13H,6H2,1-3H3. The highest BCUT2D eigenvalue weighted by molar-refractivity contribution is 9.10. The van der Waals surface area contributed by atoms with Gasteiger partial charge < -0.3 is 14.6 Å². The van der Waals surface area contributed by atoms with Gasteiger partial charge in [0.2, 0.25) is 0 Å². The number of hydrogen-bond donors (Lipinski definition) is 1. The van der Waals surface area contributed by atoms with Crippen LogP contribution in [-0.2, 0) is 9.53 Å². The van der Waals surface area contributed by atoms with Crippen LogP contribution in [0.4, 0.5) is 0 Å².